The van der Waals surface area contributed by atoms with Crippen molar-refractivity contribution in [1.82, 2.24) is 0 Å². The molecular weight excluding hydrogens is 285 g/mol. The van der Waals surface area contributed by atoms with E-state index in [1.807, 2.05) is 0 Å². The van der Waals surface area contributed by atoms with Gasteiger partial charge in [-0.1, -0.05) is 5.92 Å². The molecule has 0 aliphatic heterocycles. The molecule has 0 spiro atoms. The number of hydrogen-bond donors (Lipinski definition) is 3. The van der Waals surface area contributed by atoms with E-state index in [1.165, 1.54) is 8.93 Å². The molecule has 0 aliphatic carbocycles. The van der Waals surface area contributed by atoms with Crippen molar-refractivity contribution in [3.8, 4) is 11.2 Å². The third-order valence-corrected chi connectivity index (χ3v) is 1.75. The second kappa shape index (κ2) is 6.08. The Labute approximate surface area is 88.4 Å². The van der Waals surface area contributed by atoms with Crippen molar-refractivity contribution in [2.24, 2.45) is 17.2 Å². The third-order valence-electron chi connectivity index (χ3n) is 0.907. The predicted molar refractivity (Wildman–Crippen MR) is 62.7 cm³/mol. The highest BCUT2D eigenvalue weighted by Gasteiger charge is 1.92. The van der Waals surface area contributed by atoms with E-state index in [0.717, 1.165) is 0 Å². The van der Waals surface area contributed by atoms with Gasteiger partial charge in [-0.05, 0) is 27.2 Å². The van der Waals surface area contributed by atoms with Gasteiger partial charge < -0.3 is 17.2 Å². The van der Waals surface area contributed by atoms with Gasteiger partial charge in [-0.2, -0.15) is 0 Å². The van der Waals surface area contributed by atoms with Crippen LogP contribution in [0.25, 0.3) is 0 Å². The molecule has 0 amide bonds. The molecule has 0 aromatic rings. The topological polar surface area (TPSA) is 78.1 Å². The van der Waals surface area contributed by atoms with Crippen LogP contribution >= 0.6 is 30.1 Å². The summed E-state index contributed by atoms with van der Waals surface area (Å²) in [7, 11) is 1.37. The summed E-state index contributed by atoms with van der Waals surface area (Å²) in [5, 5.41) is 2.77. The molecule has 12 heavy (non-hydrogen) atoms. The Kier molecular flexibility index (Phi) is 5.84. The van der Waals surface area contributed by atoms with Gasteiger partial charge in [0, 0.05) is 26.9 Å². The second-order valence-electron chi connectivity index (χ2n) is 2.06. The van der Waals surface area contributed by atoms with E-state index in [2.05, 4.69) is 32.4 Å². The molecule has 0 fully saturated rings. The van der Waals surface area contributed by atoms with Gasteiger partial charge in [-0.15, -0.1) is 0 Å². The van der Waals surface area contributed by atoms with Crippen LogP contribution in [0.2, 0.25) is 0 Å². The number of rotatable bonds is 1. The summed E-state index contributed by atoms with van der Waals surface area (Å²) < 4.78 is 0. The first-order chi connectivity index (χ1) is 5.57. The van der Waals surface area contributed by atoms with Crippen molar-refractivity contribution >= 4 is 30.1 Å². The van der Waals surface area contributed by atoms with E-state index in [1.54, 1.807) is 13.0 Å². The molecule has 0 aliphatic rings. The normalized spacial score (nSPS) is 10.0. The van der Waals surface area contributed by atoms with Gasteiger partial charge in [0.1, 0.15) is 5.82 Å². The summed E-state index contributed by atoms with van der Waals surface area (Å²) in [5.74, 6) is 2.97. The Balaban J connectivity index is 4.72. The van der Waals surface area contributed by atoms with Crippen LogP contribution in [-0.4, -0.2) is 0 Å². The molecule has 0 unspecified atom stereocenters. The van der Waals surface area contributed by atoms with Crippen LogP contribution in [0.4, 0.5) is 0 Å². The van der Waals surface area contributed by atoms with E-state index < -0.39 is 0 Å². The quantitative estimate of drug-likeness (QED) is 0.383. The average molecular weight is 295 g/mol. The van der Waals surface area contributed by atoms with Crippen molar-refractivity contribution < 1.29 is 0 Å². The third kappa shape index (κ3) is 5.21. The summed E-state index contributed by atoms with van der Waals surface area (Å²) in [4.78, 5) is 0. The van der Waals surface area contributed by atoms with E-state index in [-0.39, 0.29) is 5.82 Å². The van der Waals surface area contributed by atoms with Crippen molar-refractivity contribution in [3.63, 3.8) is 0 Å². The molecule has 0 saturated carbocycles. The van der Waals surface area contributed by atoms with Crippen molar-refractivity contribution in [1.29, 1.82) is 0 Å². The smallest absolute Gasteiger partial charge is 0.110 e. The van der Waals surface area contributed by atoms with Gasteiger partial charge in [0.2, 0.25) is 0 Å². The Bertz CT molecular complexity index is 264. The number of halogens is 1. The fraction of sp³-hybridized carbons (Fsp3) is 0.143. The summed E-state index contributed by atoms with van der Waals surface area (Å²) in [6, 6.07) is 0. The average Bonchev–Trinajstić information content (AvgIpc) is 1.96. The van der Waals surface area contributed by atoms with Crippen LogP contribution < -0.4 is 17.2 Å². The monoisotopic (exact) mass is 295 g/mol. The van der Waals surface area contributed by atoms with Crippen LogP contribution in [0, 0.1) is 11.2 Å². The summed E-state index contributed by atoms with van der Waals surface area (Å²) in [5.41, 5.74) is 17.4. The van der Waals surface area contributed by atoms with Crippen molar-refractivity contribution in [2.75, 3.05) is 0 Å². The van der Waals surface area contributed by atoms with Gasteiger partial charge in [0.15, 0.2) is 0 Å². The number of hydrogen-bond acceptors (Lipinski definition) is 4. The Morgan fingerprint density at radius 2 is 2.00 bits per heavy atom. The first-order valence-corrected chi connectivity index (χ1v) is 6.41. The molecule has 0 bridgehead atoms. The van der Waals surface area contributed by atoms with Crippen LogP contribution in [0.5, 0.6) is 0 Å². The van der Waals surface area contributed by atoms with Crippen LogP contribution in [0.3, 0.4) is 0 Å². The molecule has 6 N–H and O–H groups in total. The lowest BCUT2D eigenvalue weighted by Gasteiger charge is -1.95. The standard InChI is InChI=1S/C7H10IN3S/c1-5(9)4-6(7(10)11)2-3-12-8/h4H,9-11H2,1H3/b5-4-. The number of allylic oxidation sites excluding steroid dienone is 3. The maximum atomic E-state index is 5.44. The molecule has 0 heterocycles. The highest BCUT2D eigenvalue weighted by Crippen LogP contribution is 2.08. The molecule has 0 atom stereocenters. The minimum atomic E-state index is 0.192. The maximum Gasteiger partial charge on any atom is 0.110 e. The fourth-order valence-electron chi connectivity index (χ4n) is 0.494. The van der Waals surface area contributed by atoms with Crippen molar-refractivity contribution in [3.05, 3.63) is 23.2 Å². The molecule has 0 saturated heterocycles. The molecular formula is C7H10IN3S. The zero-order valence-electron chi connectivity index (χ0n) is 6.60. The lowest BCUT2D eigenvalue weighted by Crippen LogP contribution is -2.11. The SMILES string of the molecule is C/C(N)=C/C(C#CSI)=C(N)N. The fourth-order valence-corrected chi connectivity index (χ4v) is 0.972. The molecule has 5 heteroatoms. The largest absolute Gasteiger partial charge is 0.402 e. The highest BCUT2D eigenvalue weighted by atomic mass is 127. The van der Waals surface area contributed by atoms with Crippen LogP contribution in [0.15, 0.2) is 23.2 Å². The highest BCUT2D eigenvalue weighted by molar-refractivity contribution is 14.2. The minimum Gasteiger partial charge on any atom is -0.402 e. The van der Waals surface area contributed by atoms with Gasteiger partial charge in [0.05, 0.1) is 5.57 Å². The van der Waals surface area contributed by atoms with Crippen LogP contribution in [-0.2, 0) is 0 Å². The Morgan fingerprint density at radius 3 is 2.33 bits per heavy atom. The van der Waals surface area contributed by atoms with E-state index in [0.29, 0.717) is 11.3 Å². The van der Waals surface area contributed by atoms with Gasteiger partial charge in [0.25, 0.3) is 0 Å². The molecule has 66 valence electrons. The minimum absolute atomic E-state index is 0.192. The van der Waals surface area contributed by atoms with Gasteiger partial charge in [-0.3, -0.25) is 0 Å². The predicted octanol–water partition coefficient (Wildman–Crippen LogP) is 1.02. The van der Waals surface area contributed by atoms with E-state index >= 15 is 0 Å². The zero-order chi connectivity index (χ0) is 9.56. The summed E-state index contributed by atoms with van der Waals surface area (Å²) >= 11 is 2.06. The molecule has 0 aromatic heterocycles. The molecule has 0 radical (unpaired) electrons. The first kappa shape index (κ1) is 11.5. The summed E-state index contributed by atoms with van der Waals surface area (Å²) in [6.07, 6.45) is 1.65. The molecule has 3 nitrogen and oxygen atoms in total. The molecule has 0 rings (SSSR count). The van der Waals surface area contributed by atoms with Gasteiger partial charge >= 0.3 is 0 Å². The van der Waals surface area contributed by atoms with Crippen molar-refractivity contribution in [2.45, 2.75) is 6.92 Å². The second-order valence-corrected chi connectivity index (χ2v) is 3.74. The summed E-state index contributed by atoms with van der Waals surface area (Å²) in [6.45, 7) is 1.75. The maximum absolute atomic E-state index is 5.44. The molecule has 0 aromatic carbocycles. The first-order valence-electron chi connectivity index (χ1n) is 3.05. The van der Waals surface area contributed by atoms with Crippen LogP contribution in [0.1, 0.15) is 6.92 Å². The lowest BCUT2D eigenvalue weighted by molar-refractivity contribution is 1.21. The Hall–Kier alpha value is -0.480. The lowest BCUT2D eigenvalue weighted by atomic mass is 10.2. The zero-order valence-corrected chi connectivity index (χ0v) is 9.57. The Morgan fingerprint density at radius 1 is 1.42 bits per heavy atom. The van der Waals surface area contributed by atoms with Gasteiger partial charge in [-0.25, -0.2) is 0 Å². The van der Waals surface area contributed by atoms with E-state index in [4.69, 9.17) is 17.2 Å². The van der Waals surface area contributed by atoms with E-state index in [9.17, 15) is 0 Å². The number of nitrogens with two attached hydrogens (primary N) is 3.